The first-order chi connectivity index (χ1) is 15.0. The molecule has 0 saturated heterocycles. The fourth-order valence-electron chi connectivity index (χ4n) is 3.03. The van der Waals surface area contributed by atoms with Crippen LogP contribution in [0, 0.1) is 18.3 Å². The average Bonchev–Trinajstić information content (AvgIpc) is 3.37. The summed E-state index contributed by atoms with van der Waals surface area (Å²) in [4.78, 5) is 10.2. The molecule has 0 amide bonds. The highest BCUT2D eigenvalue weighted by Crippen LogP contribution is 2.28. The summed E-state index contributed by atoms with van der Waals surface area (Å²) in [6, 6.07) is 7.52. The third-order valence-corrected chi connectivity index (χ3v) is 4.49. The van der Waals surface area contributed by atoms with Crippen molar-refractivity contribution in [3.8, 4) is 22.9 Å². The van der Waals surface area contributed by atoms with E-state index in [0.29, 0.717) is 23.8 Å². The first kappa shape index (κ1) is 20.0. The van der Waals surface area contributed by atoms with Gasteiger partial charge < -0.3 is 10.1 Å². The first-order valence-electron chi connectivity index (χ1n) is 9.53. The summed E-state index contributed by atoms with van der Waals surface area (Å²) >= 11 is 0. The van der Waals surface area contributed by atoms with Crippen molar-refractivity contribution in [1.82, 2.24) is 40.0 Å². The van der Waals surface area contributed by atoms with Gasteiger partial charge in [-0.25, -0.2) is 9.97 Å². The Morgan fingerprint density at radius 3 is 2.68 bits per heavy atom. The number of nitrogens with zero attached hydrogens (tertiary/aromatic N) is 9. The number of benzene rings is 1. The molecule has 1 aromatic carbocycles. The van der Waals surface area contributed by atoms with Gasteiger partial charge in [0.25, 0.3) is 0 Å². The van der Waals surface area contributed by atoms with E-state index in [0.717, 1.165) is 22.5 Å². The van der Waals surface area contributed by atoms with Gasteiger partial charge in [0.2, 0.25) is 5.95 Å². The lowest BCUT2D eigenvalue weighted by molar-refractivity contribution is 0.185. The molecule has 1 unspecified atom stereocenters. The highest BCUT2D eigenvalue weighted by molar-refractivity contribution is 5.67. The van der Waals surface area contributed by atoms with Crippen molar-refractivity contribution in [3.05, 3.63) is 54.4 Å². The lowest BCUT2D eigenvalue weighted by atomic mass is 10.1. The Morgan fingerprint density at radius 2 is 2.03 bits per heavy atom. The highest BCUT2D eigenvalue weighted by Gasteiger charge is 2.13. The monoisotopic (exact) mass is 416 g/mol. The maximum atomic E-state index is 9.44. The van der Waals surface area contributed by atoms with Crippen molar-refractivity contribution < 1.29 is 4.74 Å². The van der Waals surface area contributed by atoms with Crippen molar-refractivity contribution >= 4 is 11.6 Å². The van der Waals surface area contributed by atoms with E-state index < -0.39 is 0 Å². The summed E-state index contributed by atoms with van der Waals surface area (Å²) in [7, 11) is 1.86. The van der Waals surface area contributed by atoms with Crippen LogP contribution in [0.3, 0.4) is 0 Å². The van der Waals surface area contributed by atoms with Gasteiger partial charge in [-0.2, -0.15) is 15.2 Å². The second kappa shape index (κ2) is 8.58. The van der Waals surface area contributed by atoms with Gasteiger partial charge in [0.1, 0.15) is 17.9 Å². The molecule has 1 N–H and O–H groups in total. The summed E-state index contributed by atoms with van der Waals surface area (Å²) in [5.41, 5.74) is 3.78. The molecular weight excluding hydrogens is 396 g/mol. The third kappa shape index (κ3) is 4.64. The molecule has 11 heteroatoms. The quantitative estimate of drug-likeness (QED) is 0.481. The van der Waals surface area contributed by atoms with E-state index in [4.69, 9.17) is 4.74 Å². The molecule has 156 valence electrons. The maximum Gasteiger partial charge on any atom is 0.227 e. The standard InChI is InChI=1S/C20H20N10O/c1-13(10-30-25-12-24-28-30)31-19-6-15(4-5-16(19)7-21)17-8-22-20(23-9-17)26-18-11-29(3)27-14(18)2/h4-6,8-9,11-13H,10H2,1-3H3,(H,22,23,26). The Labute approximate surface area is 178 Å². The van der Waals surface area contributed by atoms with Crippen LogP contribution in [0.15, 0.2) is 43.1 Å². The van der Waals surface area contributed by atoms with Crippen LogP contribution >= 0.6 is 0 Å². The molecule has 4 aromatic rings. The minimum atomic E-state index is -0.262. The number of ether oxygens (including phenoxy) is 1. The summed E-state index contributed by atoms with van der Waals surface area (Å²) in [6.07, 6.45) is 6.40. The number of nitrogens with one attached hydrogen (secondary N) is 1. The first-order valence-corrected chi connectivity index (χ1v) is 9.53. The van der Waals surface area contributed by atoms with Crippen LogP contribution in [0.25, 0.3) is 11.1 Å². The average molecular weight is 416 g/mol. The molecule has 0 fully saturated rings. The van der Waals surface area contributed by atoms with Gasteiger partial charge in [-0.3, -0.25) is 4.68 Å². The Hall–Kier alpha value is -4.33. The Balaban J connectivity index is 1.51. The number of anilines is 2. The Kier molecular flexibility index (Phi) is 5.53. The number of aromatic nitrogens is 8. The Bertz CT molecular complexity index is 1210. The van der Waals surface area contributed by atoms with E-state index in [1.807, 2.05) is 33.2 Å². The zero-order valence-electron chi connectivity index (χ0n) is 17.3. The number of hydrogen-bond acceptors (Lipinski definition) is 9. The molecule has 11 nitrogen and oxygen atoms in total. The van der Waals surface area contributed by atoms with Gasteiger partial charge in [-0.05, 0) is 36.8 Å². The van der Waals surface area contributed by atoms with Gasteiger partial charge in [-0.1, -0.05) is 6.07 Å². The maximum absolute atomic E-state index is 9.44. The van der Waals surface area contributed by atoms with Gasteiger partial charge in [0, 0.05) is 31.2 Å². The predicted molar refractivity (Wildman–Crippen MR) is 111 cm³/mol. The van der Waals surface area contributed by atoms with Crippen molar-refractivity contribution in [1.29, 1.82) is 5.26 Å². The molecule has 0 saturated carbocycles. The molecule has 0 aliphatic carbocycles. The number of rotatable bonds is 7. The van der Waals surface area contributed by atoms with Crippen LogP contribution in [0.4, 0.5) is 11.6 Å². The van der Waals surface area contributed by atoms with Crippen molar-refractivity contribution in [3.63, 3.8) is 0 Å². The minimum Gasteiger partial charge on any atom is -0.487 e. The molecule has 0 spiro atoms. The smallest absolute Gasteiger partial charge is 0.227 e. The molecular formula is C20H20N10O. The summed E-state index contributed by atoms with van der Waals surface area (Å²) in [5, 5.41) is 28.4. The zero-order valence-corrected chi connectivity index (χ0v) is 17.3. The molecule has 0 aliphatic rings. The lowest BCUT2D eigenvalue weighted by Gasteiger charge is -2.16. The summed E-state index contributed by atoms with van der Waals surface area (Å²) in [5.74, 6) is 0.944. The molecule has 31 heavy (non-hydrogen) atoms. The normalized spacial score (nSPS) is 11.7. The lowest BCUT2D eigenvalue weighted by Crippen LogP contribution is -2.21. The van der Waals surface area contributed by atoms with Crippen molar-refractivity contribution in [2.75, 3.05) is 5.32 Å². The van der Waals surface area contributed by atoms with Crippen LogP contribution in [-0.4, -0.2) is 46.1 Å². The second-order valence-corrected chi connectivity index (χ2v) is 6.96. The van der Waals surface area contributed by atoms with Gasteiger partial charge in [0.05, 0.1) is 23.5 Å². The number of nitriles is 1. The van der Waals surface area contributed by atoms with Crippen LogP contribution in [0.2, 0.25) is 0 Å². The molecule has 0 bridgehead atoms. The molecule has 1 atom stereocenters. The van der Waals surface area contributed by atoms with Gasteiger partial charge >= 0.3 is 0 Å². The number of hydrogen-bond donors (Lipinski definition) is 1. The molecule has 4 rings (SSSR count). The zero-order chi connectivity index (χ0) is 21.8. The molecule has 3 aromatic heterocycles. The largest absolute Gasteiger partial charge is 0.487 e. The number of aryl methyl sites for hydroxylation is 2. The fourth-order valence-corrected chi connectivity index (χ4v) is 3.03. The minimum absolute atomic E-state index is 0.262. The van der Waals surface area contributed by atoms with Crippen molar-refractivity contribution in [2.24, 2.45) is 7.05 Å². The van der Waals surface area contributed by atoms with E-state index in [1.165, 1.54) is 11.1 Å². The fraction of sp³-hybridized carbons (Fsp3) is 0.250. The van der Waals surface area contributed by atoms with Gasteiger partial charge in [-0.15, -0.1) is 10.2 Å². The SMILES string of the molecule is Cc1nn(C)cc1Nc1ncc(-c2ccc(C#N)c(OC(C)Cn3ncnn3)c2)cn1. The van der Waals surface area contributed by atoms with E-state index in [9.17, 15) is 5.26 Å². The van der Waals surface area contributed by atoms with Gasteiger partial charge in [0.15, 0.2) is 6.33 Å². The second-order valence-electron chi connectivity index (χ2n) is 6.96. The van der Waals surface area contributed by atoms with E-state index >= 15 is 0 Å². The molecule has 0 radical (unpaired) electrons. The van der Waals surface area contributed by atoms with E-state index in [1.54, 1.807) is 29.2 Å². The van der Waals surface area contributed by atoms with E-state index in [2.05, 4.69) is 41.9 Å². The Morgan fingerprint density at radius 1 is 1.23 bits per heavy atom. The summed E-state index contributed by atoms with van der Waals surface area (Å²) < 4.78 is 7.70. The third-order valence-electron chi connectivity index (χ3n) is 4.49. The van der Waals surface area contributed by atoms with Crippen LogP contribution in [0.5, 0.6) is 5.75 Å². The van der Waals surface area contributed by atoms with E-state index in [-0.39, 0.29) is 6.10 Å². The summed E-state index contributed by atoms with van der Waals surface area (Å²) in [6.45, 7) is 4.20. The van der Waals surface area contributed by atoms with Crippen LogP contribution in [0.1, 0.15) is 18.2 Å². The molecule has 0 aliphatic heterocycles. The number of tetrazole rings is 1. The highest BCUT2D eigenvalue weighted by atomic mass is 16.5. The van der Waals surface area contributed by atoms with Crippen molar-refractivity contribution in [2.45, 2.75) is 26.5 Å². The topological polar surface area (TPSA) is 132 Å². The van der Waals surface area contributed by atoms with Crippen LogP contribution < -0.4 is 10.1 Å². The molecule has 3 heterocycles. The predicted octanol–water partition coefficient (Wildman–Crippen LogP) is 2.25. The van der Waals surface area contributed by atoms with Crippen LogP contribution in [-0.2, 0) is 13.6 Å².